The van der Waals surface area contributed by atoms with E-state index in [9.17, 15) is 4.79 Å². The van der Waals surface area contributed by atoms with Crippen LogP contribution in [0, 0.1) is 5.92 Å². The zero-order chi connectivity index (χ0) is 13.6. The molecule has 19 heavy (non-hydrogen) atoms. The molecule has 0 aliphatic carbocycles. The molecule has 0 spiro atoms. The number of hydrogen-bond donors (Lipinski definition) is 0. The summed E-state index contributed by atoms with van der Waals surface area (Å²) in [6, 6.07) is 0.308. The average molecular weight is 283 g/mol. The van der Waals surface area contributed by atoms with Crippen molar-refractivity contribution in [3.63, 3.8) is 0 Å². The molecule has 2 bridgehead atoms. The predicted octanol–water partition coefficient (Wildman–Crippen LogP) is 1.24. The quantitative estimate of drug-likeness (QED) is 0.778. The van der Waals surface area contributed by atoms with Gasteiger partial charge < -0.3 is 9.80 Å². The molecule has 0 unspecified atom stereocenters. The summed E-state index contributed by atoms with van der Waals surface area (Å²) in [6.07, 6.45) is 3.85. The third-order valence-electron chi connectivity index (χ3n) is 4.25. The molecular formula is C13H19ClN4O. The Labute approximate surface area is 118 Å². The van der Waals surface area contributed by atoms with E-state index >= 15 is 0 Å². The Hall–Kier alpha value is -1.07. The summed E-state index contributed by atoms with van der Waals surface area (Å²) in [4.78, 5) is 17.0. The number of halogens is 1. The van der Waals surface area contributed by atoms with Gasteiger partial charge in [0.1, 0.15) is 5.69 Å². The molecule has 1 amide bonds. The Kier molecular flexibility index (Phi) is 3.27. The molecule has 4 rings (SSSR count). The molecule has 1 aromatic heterocycles. The lowest BCUT2D eigenvalue weighted by Gasteiger charge is -2.36. The van der Waals surface area contributed by atoms with Crippen molar-refractivity contribution >= 4 is 17.5 Å². The Morgan fingerprint density at radius 1 is 1.32 bits per heavy atom. The summed E-state index contributed by atoms with van der Waals surface area (Å²) in [5.41, 5.74) is 0.511. The maximum Gasteiger partial charge on any atom is 0.273 e. The molecular weight excluding hydrogens is 264 g/mol. The van der Waals surface area contributed by atoms with Crippen molar-refractivity contribution in [3.05, 3.63) is 16.9 Å². The summed E-state index contributed by atoms with van der Waals surface area (Å²) < 4.78 is 1.58. The molecule has 5 nitrogen and oxygen atoms in total. The molecule has 104 valence electrons. The Morgan fingerprint density at radius 2 is 2.11 bits per heavy atom. The predicted molar refractivity (Wildman–Crippen MR) is 73.3 cm³/mol. The highest BCUT2D eigenvalue weighted by atomic mass is 35.5. The van der Waals surface area contributed by atoms with Gasteiger partial charge in [-0.15, -0.1) is 0 Å². The van der Waals surface area contributed by atoms with Gasteiger partial charge in [-0.25, -0.2) is 0 Å². The van der Waals surface area contributed by atoms with Crippen LogP contribution in [-0.2, 0) is 7.05 Å². The van der Waals surface area contributed by atoms with Gasteiger partial charge in [-0.3, -0.25) is 9.48 Å². The van der Waals surface area contributed by atoms with E-state index < -0.39 is 0 Å². The van der Waals surface area contributed by atoms with E-state index in [1.807, 2.05) is 4.90 Å². The smallest absolute Gasteiger partial charge is 0.273 e. The van der Waals surface area contributed by atoms with Gasteiger partial charge >= 0.3 is 0 Å². The molecule has 6 heteroatoms. The summed E-state index contributed by atoms with van der Waals surface area (Å²) in [7, 11) is 3.90. The molecule has 0 aromatic carbocycles. The summed E-state index contributed by atoms with van der Waals surface area (Å²) in [5.74, 6) is 0.606. The number of carbonyl (C=O) groups is 1. The van der Waals surface area contributed by atoms with Crippen molar-refractivity contribution in [1.29, 1.82) is 0 Å². The van der Waals surface area contributed by atoms with Crippen LogP contribution in [0.25, 0.3) is 0 Å². The molecule has 4 heterocycles. The maximum atomic E-state index is 12.7. The molecule has 0 saturated carbocycles. The van der Waals surface area contributed by atoms with Crippen molar-refractivity contribution in [3.8, 4) is 0 Å². The fourth-order valence-electron chi connectivity index (χ4n) is 3.35. The minimum atomic E-state index is 0.0231. The fraction of sp³-hybridized carbons (Fsp3) is 0.692. The Balaban J connectivity index is 1.88. The van der Waals surface area contributed by atoms with E-state index in [2.05, 4.69) is 17.0 Å². The number of rotatable bonds is 1. The van der Waals surface area contributed by atoms with E-state index in [1.165, 1.54) is 12.6 Å². The van der Waals surface area contributed by atoms with E-state index in [0.29, 0.717) is 22.7 Å². The summed E-state index contributed by atoms with van der Waals surface area (Å²) in [6.45, 7) is 2.88. The minimum absolute atomic E-state index is 0.0231. The van der Waals surface area contributed by atoms with E-state index in [1.54, 1.807) is 11.7 Å². The second-order valence-electron chi connectivity index (χ2n) is 5.74. The molecule has 3 aliphatic heterocycles. The fourth-order valence-corrected chi connectivity index (χ4v) is 3.60. The second kappa shape index (κ2) is 4.80. The summed E-state index contributed by atoms with van der Waals surface area (Å²) >= 11 is 6.09. The molecule has 1 aromatic rings. The maximum absolute atomic E-state index is 12.7. The Morgan fingerprint density at radius 3 is 2.79 bits per heavy atom. The van der Waals surface area contributed by atoms with Crippen LogP contribution in [0.5, 0.6) is 0 Å². The minimum Gasteiger partial charge on any atom is -0.333 e. The highest BCUT2D eigenvalue weighted by molar-refractivity contribution is 6.33. The van der Waals surface area contributed by atoms with Gasteiger partial charge in [0.05, 0.1) is 11.2 Å². The first kappa shape index (κ1) is 12.9. The van der Waals surface area contributed by atoms with Crippen molar-refractivity contribution < 1.29 is 4.79 Å². The number of nitrogens with zero attached hydrogens (tertiary/aromatic N) is 4. The molecule has 3 fully saturated rings. The third-order valence-corrected chi connectivity index (χ3v) is 4.53. The number of fused-ring (bicyclic) bond motifs is 4. The van der Waals surface area contributed by atoms with Crippen LogP contribution in [-0.4, -0.2) is 58.2 Å². The van der Waals surface area contributed by atoms with Crippen LogP contribution < -0.4 is 0 Å². The lowest BCUT2D eigenvalue weighted by Crippen LogP contribution is -2.47. The number of carbonyl (C=O) groups excluding carboxylic acids is 1. The molecule has 3 aliphatic rings. The van der Waals surface area contributed by atoms with Gasteiger partial charge in [-0.05, 0) is 25.8 Å². The van der Waals surface area contributed by atoms with Crippen LogP contribution in [0.15, 0.2) is 6.20 Å². The van der Waals surface area contributed by atoms with E-state index in [4.69, 9.17) is 11.6 Å². The van der Waals surface area contributed by atoms with Crippen LogP contribution >= 0.6 is 11.6 Å². The van der Waals surface area contributed by atoms with E-state index in [0.717, 1.165) is 26.1 Å². The zero-order valence-corrected chi connectivity index (χ0v) is 12.1. The van der Waals surface area contributed by atoms with Gasteiger partial charge in [0.2, 0.25) is 0 Å². The van der Waals surface area contributed by atoms with Gasteiger partial charge in [0.15, 0.2) is 0 Å². The first-order valence-electron chi connectivity index (χ1n) is 6.73. The number of aromatic nitrogens is 2. The normalized spacial score (nSPS) is 27.6. The van der Waals surface area contributed by atoms with Gasteiger partial charge in [0.25, 0.3) is 5.91 Å². The molecule has 0 radical (unpaired) electrons. The third kappa shape index (κ3) is 2.25. The Bertz CT molecular complexity index is 481. The lowest BCUT2D eigenvalue weighted by molar-refractivity contribution is 0.0576. The number of amides is 1. The first-order valence-corrected chi connectivity index (χ1v) is 7.11. The molecule has 2 atom stereocenters. The molecule has 3 saturated heterocycles. The second-order valence-corrected chi connectivity index (χ2v) is 6.15. The van der Waals surface area contributed by atoms with Crippen LogP contribution in [0.2, 0.25) is 5.02 Å². The number of hydrogen-bond acceptors (Lipinski definition) is 3. The number of piperidine rings is 1. The molecule has 0 N–H and O–H groups in total. The largest absolute Gasteiger partial charge is 0.333 e. The van der Waals surface area contributed by atoms with Crippen molar-refractivity contribution in [1.82, 2.24) is 19.6 Å². The summed E-state index contributed by atoms with van der Waals surface area (Å²) in [5, 5.41) is 4.50. The highest BCUT2D eigenvalue weighted by Gasteiger charge is 2.37. The van der Waals surface area contributed by atoms with Gasteiger partial charge in [-0.2, -0.15) is 5.10 Å². The van der Waals surface area contributed by atoms with Crippen molar-refractivity contribution in [2.75, 3.05) is 26.7 Å². The van der Waals surface area contributed by atoms with E-state index in [-0.39, 0.29) is 5.91 Å². The van der Waals surface area contributed by atoms with Crippen molar-refractivity contribution in [2.45, 2.75) is 18.9 Å². The average Bonchev–Trinajstić information content (AvgIpc) is 2.54. The SMILES string of the molecule is CN1C[C@@H]2CC[C@H](C1)N(C(=O)c1c(Cl)cnn1C)C2. The monoisotopic (exact) mass is 282 g/mol. The standard InChI is InChI=1S/C13H19ClN4O/c1-16-6-9-3-4-10(8-16)18(7-9)13(19)12-11(14)5-15-17(12)2/h5,9-10H,3-4,6-8H2,1-2H3/t9-,10+/m0/s1. The van der Waals surface area contributed by atoms with Gasteiger partial charge in [0, 0.05) is 32.7 Å². The first-order chi connectivity index (χ1) is 9.06. The lowest BCUT2D eigenvalue weighted by atomic mass is 9.94. The van der Waals surface area contributed by atoms with Gasteiger partial charge in [-0.1, -0.05) is 11.6 Å². The van der Waals surface area contributed by atoms with Crippen LogP contribution in [0.4, 0.5) is 0 Å². The topological polar surface area (TPSA) is 41.4 Å². The van der Waals surface area contributed by atoms with Crippen LogP contribution in [0.3, 0.4) is 0 Å². The number of aryl methyl sites for hydroxylation is 1. The number of likely N-dealkylation sites (N-methyl/N-ethyl adjacent to an activating group) is 1. The van der Waals surface area contributed by atoms with Crippen molar-refractivity contribution in [2.24, 2.45) is 13.0 Å². The highest BCUT2D eigenvalue weighted by Crippen LogP contribution is 2.29. The zero-order valence-electron chi connectivity index (χ0n) is 11.3. The van der Waals surface area contributed by atoms with Crippen LogP contribution in [0.1, 0.15) is 23.3 Å².